The summed E-state index contributed by atoms with van der Waals surface area (Å²) in [5.41, 5.74) is 6.13. The van der Waals surface area contributed by atoms with Crippen LogP contribution < -0.4 is 11.3 Å². The highest BCUT2D eigenvalue weighted by Gasteiger charge is 2.45. The van der Waals surface area contributed by atoms with Gasteiger partial charge in [-0.2, -0.15) is 4.98 Å². The summed E-state index contributed by atoms with van der Waals surface area (Å²) in [6.07, 6.45) is -4.34. The maximum Gasteiger partial charge on any atom is 0.280 e. The molecule has 2 saturated heterocycles. The normalized spacial score (nSPS) is 30.6. The van der Waals surface area contributed by atoms with Gasteiger partial charge in [-0.3, -0.25) is 18.9 Å². The van der Waals surface area contributed by atoms with E-state index in [1.54, 1.807) is 0 Å². The van der Waals surface area contributed by atoms with Crippen molar-refractivity contribution in [2.75, 3.05) is 18.9 Å². The molecule has 0 aromatic carbocycles. The van der Waals surface area contributed by atoms with E-state index < -0.39 is 61.2 Å². The summed E-state index contributed by atoms with van der Waals surface area (Å²) in [6.45, 7) is -0.823. The summed E-state index contributed by atoms with van der Waals surface area (Å²) < 4.78 is 13.9. The van der Waals surface area contributed by atoms with E-state index in [0.29, 0.717) is 15.8 Å². The van der Waals surface area contributed by atoms with Crippen molar-refractivity contribution in [3.63, 3.8) is 0 Å². The third kappa shape index (κ3) is 4.68. The number of H-pyrrole nitrogens is 2. The van der Waals surface area contributed by atoms with Gasteiger partial charge in [0, 0.05) is 0 Å². The zero-order valence-electron chi connectivity index (χ0n) is 19.8. The molecule has 2 aliphatic heterocycles. The van der Waals surface area contributed by atoms with Gasteiger partial charge in [0.2, 0.25) is 5.95 Å². The summed E-state index contributed by atoms with van der Waals surface area (Å²) >= 11 is 5.04. The maximum atomic E-state index is 11.7. The SMILES string of the molecule is Nc1nc2c(ncn2[C@@H]2O[C@H](CO)[C@@H](O)[C@H]2O)c(=O)[nH]1.OC[C@H]1O[C@@H](n2cnc3c(=S)nc[nH]c32)[C@H](O)[C@@H]1O. The third-order valence-corrected chi connectivity index (χ3v) is 6.71. The number of ether oxygens (including phenoxy) is 2. The molecule has 10 N–H and O–H groups in total. The van der Waals surface area contributed by atoms with Crippen molar-refractivity contribution in [3.8, 4) is 0 Å². The van der Waals surface area contributed by atoms with Crippen LogP contribution in [-0.2, 0) is 9.47 Å². The van der Waals surface area contributed by atoms with Gasteiger partial charge in [-0.25, -0.2) is 15.0 Å². The summed E-state index contributed by atoms with van der Waals surface area (Å²) in [7, 11) is 0. The van der Waals surface area contributed by atoms with Crippen LogP contribution in [0.4, 0.5) is 5.95 Å². The first-order chi connectivity index (χ1) is 18.7. The van der Waals surface area contributed by atoms with Crippen LogP contribution in [0.1, 0.15) is 12.5 Å². The molecule has 0 saturated carbocycles. The second kappa shape index (κ2) is 10.6. The Morgan fingerprint density at radius 3 is 2.05 bits per heavy atom. The highest BCUT2D eigenvalue weighted by atomic mass is 32.1. The Morgan fingerprint density at radius 2 is 1.46 bits per heavy atom. The standard InChI is InChI=1S/C10H13N5O5.C10H12N4O4S/c11-10-13-7-4(8(19)14-10)12-2-15(7)9-6(18)5(17)3(1-16)20-9;15-1-4-6(16)7(17)10(18-4)14-3-13-5-8(14)11-2-12-9(5)19/h2-3,5-6,9,16-18H,1H2,(H3,11,13,14,19);2-4,6-7,10,15-17H,1H2,(H,11,12,19)/t3-,5-,6-,9-;4-,6-,7-,10-/m11/s1. The number of rotatable bonds is 4. The number of nitrogen functional groups attached to an aromatic ring is 1. The molecule has 0 unspecified atom stereocenters. The Morgan fingerprint density at radius 1 is 0.897 bits per heavy atom. The molecule has 4 aromatic heterocycles. The van der Waals surface area contributed by atoms with Crippen molar-refractivity contribution < 1.29 is 40.1 Å². The molecule has 0 bridgehead atoms. The monoisotopic (exact) mass is 567 g/mol. The van der Waals surface area contributed by atoms with E-state index in [1.807, 2.05) is 0 Å². The summed E-state index contributed by atoms with van der Waals surface area (Å²) in [5.74, 6) is -0.101. The van der Waals surface area contributed by atoms with E-state index in [2.05, 4.69) is 29.9 Å². The van der Waals surface area contributed by atoms with Gasteiger partial charge in [-0.1, -0.05) is 12.2 Å². The van der Waals surface area contributed by atoms with Crippen LogP contribution >= 0.6 is 12.2 Å². The second-order valence-corrected chi connectivity index (χ2v) is 9.18. The second-order valence-electron chi connectivity index (χ2n) is 8.79. The number of aromatic amines is 2. The average molecular weight is 568 g/mol. The maximum absolute atomic E-state index is 11.7. The number of anilines is 1. The fraction of sp³-hybridized carbons (Fsp3) is 0.500. The molecule has 8 atom stereocenters. The van der Waals surface area contributed by atoms with E-state index in [-0.39, 0.29) is 23.7 Å². The highest BCUT2D eigenvalue weighted by Crippen LogP contribution is 2.32. The van der Waals surface area contributed by atoms with Gasteiger partial charge in [-0.05, 0) is 0 Å². The summed E-state index contributed by atoms with van der Waals surface area (Å²) in [4.78, 5) is 32.6. The van der Waals surface area contributed by atoms with Crippen LogP contribution in [0, 0.1) is 4.64 Å². The van der Waals surface area contributed by atoms with Gasteiger partial charge < -0.3 is 50.8 Å². The molecule has 39 heavy (non-hydrogen) atoms. The topological polar surface area (TPSA) is 276 Å². The molecule has 19 heteroatoms. The number of aliphatic hydroxyl groups is 6. The van der Waals surface area contributed by atoms with Crippen molar-refractivity contribution in [1.82, 2.24) is 39.0 Å². The van der Waals surface area contributed by atoms with E-state index in [9.17, 15) is 25.2 Å². The van der Waals surface area contributed by atoms with Crippen LogP contribution in [0.25, 0.3) is 22.3 Å². The van der Waals surface area contributed by atoms with E-state index in [0.717, 1.165) is 0 Å². The molecule has 2 fully saturated rings. The summed E-state index contributed by atoms with van der Waals surface area (Å²) in [6, 6.07) is 0. The van der Waals surface area contributed by atoms with Crippen LogP contribution in [0.15, 0.2) is 23.8 Å². The minimum absolute atomic E-state index is 0.0388. The molecular formula is C20H25N9O9S. The minimum atomic E-state index is -1.29. The minimum Gasteiger partial charge on any atom is -0.394 e. The lowest BCUT2D eigenvalue weighted by Gasteiger charge is -2.16. The first kappa shape index (κ1) is 27.2. The number of hydrogen-bond acceptors (Lipinski definition) is 15. The number of imidazole rings is 2. The lowest BCUT2D eigenvalue weighted by Crippen LogP contribution is -2.33. The van der Waals surface area contributed by atoms with Crippen molar-refractivity contribution in [3.05, 3.63) is 34.0 Å². The van der Waals surface area contributed by atoms with Gasteiger partial charge in [0.25, 0.3) is 5.56 Å². The molecule has 6 heterocycles. The van der Waals surface area contributed by atoms with E-state index in [4.69, 9.17) is 37.6 Å². The zero-order chi connectivity index (χ0) is 28.0. The number of nitrogens with one attached hydrogen (secondary N) is 2. The quantitative estimate of drug-likeness (QED) is 0.108. The molecule has 6 rings (SSSR count). The van der Waals surface area contributed by atoms with Gasteiger partial charge in [0.1, 0.15) is 47.8 Å². The molecule has 4 aromatic rings. The number of aliphatic hydroxyl groups excluding tert-OH is 6. The molecule has 0 spiro atoms. The van der Waals surface area contributed by atoms with Crippen molar-refractivity contribution in [2.24, 2.45) is 0 Å². The third-order valence-electron chi connectivity index (χ3n) is 6.41. The predicted molar refractivity (Wildman–Crippen MR) is 131 cm³/mol. The van der Waals surface area contributed by atoms with Gasteiger partial charge >= 0.3 is 0 Å². The first-order valence-electron chi connectivity index (χ1n) is 11.5. The lowest BCUT2D eigenvalue weighted by molar-refractivity contribution is -0.0511. The van der Waals surface area contributed by atoms with Gasteiger partial charge in [0.15, 0.2) is 28.3 Å². The van der Waals surface area contributed by atoms with E-state index >= 15 is 0 Å². The Kier molecular flexibility index (Phi) is 7.41. The predicted octanol–water partition coefficient (Wildman–Crippen LogP) is -3.59. The van der Waals surface area contributed by atoms with Crippen LogP contribution in [0.2, 0.25) is 0 Å². The van der Waals surface area contributed by atoms with Crippen LogP contribution in [0.5, 0.6) is 0 Å². The average Bonchev–Trinajstić information content (AvgIpc) is 3.66. The Hall–Kier alpha value is -3.40. The number of nitrogens with zero attached hydrogens (tertiary/aromatic N) is 6. The Labute approximate surface area is 222 Å². The summed E-state index contributed by atoms with van der Waals surface area (Å²) in [5, 5.41) is 57.5. The zero-order valence-corrected chi connectivity index (χ0v) is 20.7. The van der Waals surface area contributed by atoms with Crippen LogP contribution in [0.3, 0.4) is 0 Å². The molecule has 18 nitrogen and oxygen atoms in total. The molecule has 2 aliphatic rings. The molecule has 0 aliphatic carbocycles. The fourth-order valence-electron chi connectivity index (χ4n) is 4.42. The first-order valence-corrected chi connectivity index (χ1v) is 11.9. The number of nitrogens with two attached hydrogens (primary N) is 1. The van der Waals surface area contributed by atoms with Gasteiger partial charge in [-0.15, -0.1) is 0 Å². The van der Waals surface area contributed by atoms with Crippen molar-refractivity contribution in [1.29, 1.82) is 0 Å². The Bertz CT molecular complexity index is 1590. The van der Waals surface area contributed by atoms with Gasteiger partial charge in [0.05, 0.1) is 32.2 Å². The lowest BCUT2D eigenvalue weighted by atomic mass is 10.1. The largest absolute Gasteiger partial charge is 0.394 e. The fourth-order valence-corrected chi connectivity index (χ4v) is 4.62. The Balaban J connectivity index is 0.000000158. The molecular weight excluding hydrogens is 542 g/mol. The number of hydrogen-bond donors (Lipinski definition) is 9. The molecule has 0 radical (unpaired) electrons. The van der Waals surface area contributed by atoms with Crippen molar-refractivity contribution >= 4 is 40.5 Å². The smallest absolute Gasteiger partial charge is 0.280 e. The highest BCUT2D eigenvalue weighted by molar-refractivity contribution is 7.71. The number of fused-ring (bicyclic) bond motifs is 2. The van der Waals surface area contributed by atoms with Crippen molar-refractivity contribution in [2.45, 2.75) is 49.1 Å². The number of aromatic nitrogens is 8. The molecule has 210 valence electrons. The van der Waals surface area contributed by atoms with E-state index in [1.165, 1.54) is 28.1 Å². The van der Waals surface area contributed by atoms with Crippen LogP contribution in [-0.4, -0.2) is 120 Å². The molecule has 0 amide bonds.